The number of amides is 2. The molecule has 2 aliphatic rings. The molecule has 2 fully saturated rings. The maximum absolute atomic E-state index is 12.7. The van der Waals surface area contributed by atoms with Crippen LogP contribution in [0.4, 0.5) is 0 Å². The molecule has 0 aromatic heterocycles. The van der Waals surface area contributed by atoms with Crippen LogP contribution in [0.15, 0.2) is 30.3 Å². The van der Waals surface area contributed by atoms with Crippen LogP contribution in [-0.4, -0.2) is 46.4 Å². The summed E-state index contributed by atoms with van der Waals surface area (Å²) in [5.41, 5.74) is 0.954. The van der Waals surface area contributed by atoms with Crippen LogP contribution in [0.1, 0.15) is 44.1 Å². The Labute approximate surface area is 153 Å². The quantitative estimate of drug-likeness (QED) is 0.843. The molecule has 3 rings (SSSR count). The third kappa shape index (κ3) is 4.42. The summed E-state index contributed by atoms with van der Waals surface area (Å²) in [6.07, 6.45) is 4.42. The number of carboxylic acid groups (broad SMARTS) is 1. The molecule has 1 saturated carbocycles. The molecule has 140 valence electrons. The predicted molar refractivity (Wildman–Crippen MR) is 96.4 cm³/mol. The van der Waals surface area contributed by atoms with Gasteiger partial charge in [-0.15, -0.1) is 0 Å². The first-order valence-corrected chi connectivity index (χ1v) is 9.41. The standard InChI is InChI=1S/C20H26N2O4/c23-18(13-14-5-2-1-3-6-14)22-12-4-7-17(22)19(24)21-16-10-8-15(9-11-16)20(25)26/h1-3,5-6,15-17H,4,7-13H2,(H,21,24)(H,25,26). The monoisotopic (exact) mass is 358 g/mol. The first-order valence-electron chi connectivity index (χ1n) is 9.41. The summed E-state index contributed by atoms with van der Waals surface area (Å²) < 4.78 is 0. The van der Waals surface area contributed by atoms with Crippen molar-refractivity contribution in [1.82, 2.24) is 10.2 Å². The van der Waals surface area contributed by atoms with Crippen molar-refractivity contribution >= 4 is 17.8 Å². The van der Waals surface area contributed by atoms with Crippen LogP contribution in [-0.2, 0) is 20.8 Å². The van der Waals surface area contributed by atoms with Gasteiger partial charge in [0.15, 0.2) is 0 Å². The minimum atomic E-state index is -0.747. The maximum atomic E-state index is 12.7. The van der Waals surface area contributed by atoms with Crippen molar-refractivity contribution in [1.29, 1.82) is 0 Å². The zero-order valence-electron chi connectivity index (χ0n) is 14.9. The van der Waals surface area contributed by atoms with Gasteiger partial charge in [-0.2, -0.15) is 0 Å². The number of benzene rings is 1. The molecule has 1 aliphatic heterocycles. The SMILES string of the molecule is O=C(O)C1CCC(NC(=O)C2CCCN2C(=O)Cc2ccccc2)CC1. The summed E-state index contributed by atoms with van der Waals surface area (Å²) >= 11 is 0. The van der Waals surface area contributed by atoms with Crippen LogP contribution in [0.25, 0.3) is 0 Å². The van der Waals surface area contributed by atoms with Gasteiger partial charge in [0.25, 0.3) is 0 Å². The van der Waals surface area contributed by atoms with E-state index >= 15 is 0 Å². The largest absolute Gasteiger partial charge is 0.481 e. The highest BCUT2D eigenvalue weighted by Crippen LogP contribution is 2.25. The fraction of sp³-hybridized carbons (Fsp3) is 0.550. The average molecular weight is 358 g/mol. The molecule has 26 heavy (non-hydrogen) atoms. The molecule has 0 bridgehead atoms. The lowest BCUT2D eigenvalue weighted by atomic mass is 9.86. The van der Waals surface area contributed by atoms with Gasteiger partial charge < -0.3 is 15.3 Å². The third-order valence-electron chi connectivity index (χ3n) is 5.50. The number of nitrogens with zero attached hydrogens (tertiary/aromatic N) is 1. The lowest BCUT2D eigenvalue weighted by Crippen LogP contribution is -2.50. The highest BCUT2D eigenvalue weighted by Gasteiger charge is 2.35. The molecular formula is C20H26N2O4. The smallest absolute Gasteiger partial charge is 0.306 e. The molecule has 2 N–H and O–H groups in total. The molecule has 6 heteroatoms. The minimum Gasteiger partial charge on any atom is -0.481 e. The molecule has 1 aromatic carbocycles. The number of carboxylic acids is 1. The second kappa shape index (κ2) is 8.34. The minimum absolute atomic E-state index is 0.0107. The van der Waals surface area contributed by atoms with Crippen molar-refractivity contribution in [2.45, 2.75) is 57.0 Å². The van der Waals surface area contributed by atoms with Crippen LogP contribution in [0.2, 0.25) is 0 Å². The molecule has 2 amide bonds. The van der Waals surface area contributed by atoms with Crippen molar-refractivity contribution < 1.29 is 19.5 Å². The Hall–Kier alpha value is -2.37. The average Bonchev–Trinajstić information content (AvgIpc) is 3.13. The zero-order valence-corrected chi connectivity index (χ0v) is 14.9. The Morgan fingerprint density at radius 2 is 1.73 bits per heavy atom. The molecule has 0 spiro atoms. The Kier molecular flexibility index (Phi) is 5.91. The van der Waals surface area contributed by atoms with Crippen molar-refractivity contribution in [2.75, 3.05) is 6.54 Å². The van der Waals surface area contributed by atoms with Gasteiger partial charge in [-0.25, -0.2) is 0 Å². The van der Waals surface area contributed by atoms with Crippen molar-refractivity contribution in [3.8, 4) is 0 Å². The van der Waals surface area contributed by atoms with E-state index in [-0.39, 0.29) is 23.8 Å². The molecule has 1 atom stereocenters. The van der Waals surface area contributed by atoms with E-state index < -0.39 is 12.0 Å². The lowest BCUT2D eigenvalue weighted by molar-refractivity contribution is -0.143. The van der Waals surface area contributed by atoms with Crippen molar-refractivity contribution in [2.24, 2.45) is 5.92 Å². The van der Waals surface area contributed by atoms with Gasteiger partial charge in [0, 0.05) is 12.6 Å². The number of hydrogen-bond acceptors (Lipinski definition) is 3. The molecular weight excluding hydrogens is 332 g/mol. The van der Waals surface area contributed by atoms with E-state index in [1.807, 2.05) is 30.3 Å². The number of rotatable bonds is 5. The summed E-state index contributed by atoms with van der Waals surface area (Å²) in [5.74, 6) is -1.15. The molecule has 1 aromatic rings. The van der Waals surface area contributed by atoms with E-state index in [1.165, 1.54) is 0 Å². The van der Waals surface area contributed by atoms with Gasteiger partial charge in [0.2, 0.25) is 11.8 Å². The predicted octanol–water partition coefficient (Wildman–Crippen LogP) is 1.98. The lowest BCUT2D eigenvalue weighted by Gasteiger charge is -2.30. The van der Waals surface area contributed by atoms with Gasteiger partial charge in [-0.1, -0.05) is 30.3 Å². The number of likely N-dealkylation sites (tertiary alicyclic amines) is 1. The molecule has 6 nitrogen and oxygen atoms in total. The van der Waals surface area contributed by atoms with E-state index in [1.54, 1.807) is 4.90 Å². The highest BCUT2D eigenvalue weighted by molar-refractivity contribution is 5.89. The normalized spacial score (nSPS) is 25.7. The third-order valence-corrected chi connectivity index (χ3v) is 5.50. The summed E-state index contributed by atoms with van der Waals surface area (Å²) in [5, 5.41) is 12.1. The molecule has 1 aliphatic carbocycles. The second-order valence-electron chi connectivity index (χ2n) is 7.30. The molecule has 1 unspecified atom stereocenters. The fourth-order valence-electron chi connectivity index (χ4n) is 3.99. The van der Waals surface area contributed by atoms with Crippen LogP contribution in [0, 0.1) is 5.92 Å². The van der Waals surface area contributed by atoms with Crippen molar-refractivity contribution in [3.63, 3.8) is 0 Å². The van der Waals surface area contributed by atoms with Gasteiger partial charge in [0.05, 0.1) is 12.3 Å². The maximum Gasteiger partial charge on any atom is 0.306 e. The first kappa shape index (κ1) is 18.4. The first-order chi connectivity index (χ1) is 12.5. The zero-order chi connectivity index (χ0) is 18.5. The van der Waals surface area contributed by atoms with E-state index in [4.69, 9.17) is 5.11 Å². The Balaban J connectivity index is 1.53. The van der Waals surface area contributed by atoms with Gasteiger partial charge in [0.1, 0.15) is 6.04 Å². The number of carbonyl (C=O) groups excluding carboxylic acids is 2. The topological polar surface area (TPSA) is 86.7 Å². The summed E-state index contributed by atoms with van der Waals surface area (Å²) in [6.45, 7) is 0.621. The summed E-state index contributed by atoms with van der Waals surface area (Å²) in [4.78, 5) is 38.0. The number of hydrogen-bond donors (Lipinski definition) is 2. The number of carbonyl (C=O) groups is 3. The molecule has 1 heterocycles. The van der Waals surface area contributed by atoms with E-state index in [0.717, 1.165) is 12.0 Å². The van der Waals surface area contributed by atoms with E-state index in [2.05, 4.69) is 5.32 Å². The highest BCUT2D eigenvalue weighted by atomic mass is 16.4. The Bertz CT molecular complexity index is 653. The summed E-state index contributed by atoms with van der Waals surface area (Å²) in [6, 6.07) is 9.19. The van der Waals surface area contributed by atoms with Gasteiger partial charge >= 0.3 is 5.97 Å². The Morgan fingerprint density at radius 3 is 2.38 bits per heavy atom. The van der Waals surface area contributed by atoms with Crippen LogP contribution in [0.3, 0.4) is 0 Å². The summed E-state index contributed by atoms with van der Waals surface area (Å²) in [7, 11) is 0. The van der Waals surface area contributed by atoms with Crippen LogP contribution in [0.5, 0.6) is 0 Å². The molecule has 0 radical (unpaired) electrons. The number of aliphatic carboxylic acids is 1. The van der Waals surface area contributed by atoms with Crippen molar-refractivity contribution in [3.05, 3.63) is 35.9 Å². The molecule has 1 saturated heterocycles. The van der Waals surface area contributed by atoms with Crippen LogP contribution < -0.4 is 5.32 Å². The van der Waals surface area contributed by atoms with Crippen LogP contribution >= 0.6 is 0 Å². The fourth-order valence-corrected chi connectivity index (χ4v) is 3.99. The van der Waals surface area contributed by atoms with E-state index in [9.17, 15) is 14.4 Å². The number of nitrogens with one attached hydrogen (secondary N) is 1. The Morgan fingerprint density at radius 1 is 1.04 bits per heavy atom. The second-order valence-corrected chi connectivity index (χ2v) is 7.30. The van der Waals surface area contributed by atoms with Gasteiger partial charge in [-0.3, -0.25) is 14.4 Å². The van der Waals surface area contributed by atoms with E-state index in [0.29, 0.717) is 45.1 Å². The van der Waals surface area contributed by atoms with Gasteiger partial charge in [-0.05, 0) is 44.1 Å².